The van der Waals surface area contributed by atoms with Crippen molar-refractivity contribution in [2.45, 2.75) is 89.7 Å². The Bertz CT molecular complexity index is 745. The number of fused-ring (bicyclic) bond motifs is 1. The minimum Gasteiger partial charge on any atom is -0.481 e. The number of carboxylic acids is 1. The maximum absolute atomic E-state index is 11.8. The molecule has 0 aromatic heterocycles. The van der Waals surface area contributed by atoms with Gasteiger partial charge in [-0.25, -0.2) is 0 Å². The zero-order valence-electron chi connectivity index (χ0n) is 19.6. The number of methoxy groups -OCH3 is 1. The van der Waals surface area contributed by atoms with E-state index >= 15 is 0 Å². The van der Waals surface area contributed by atoms with Gasteiger partial charge in [-0.05, 0) is 55.5 Å². The molecule has 0 bridgehead atoms. The minimum atomic E-state index is -0.710. The summed E-state index contributed by atoms with van der Waals surface area (Å²) in [4.78, 5) is 23.5. The number of nitrogens with two attached hydrogens (primary N) is 1. The summed E-state index contributed by atoms with van der Waals surface area (Å²) in [5.74, 6) is -1.45. The van der Waals surface area contributed by atoms with Crippen molar-refractivity contribution in [1.82, 2.24) is 5.32 Å². The number of hydrogen-bond donors (Lipinski definition) is 3. The summed E-state index contributed by atoms with van der Waals surface area (Å²) in [6, 6.07) is 5.79. The van der Waals surface area contributed by atoms with E-state index in [1.54, 1.807) is 13.2 Å². The van der Waals surface area contributed by atoms with Crippen molar-refractivity contribution in [3.8, 4) is 0 Å². The first kappa shape index (κ1) is 25.3. The molecule has 6 nitrogen and oxygen atoms in total. The van der Waals surface area contributed by atoms with E-state index < -0.39 is 11.9 Å². The monoisotopic (exact) mass is 432 g/mol. The van der Waals surface area contributed by atoms with Gasteiger partial charge in [-0.1, -0.05) is 46.1 Å². The summed E-state index contributed by atoms with van der Waals surface area (Å²) in [6.45, 7) is 7.09. The van der Waals surface area contributed by atoms with Gasteiger partial charge in [-0.3, -0.25) is 9.59 Å². The number of hydrogen-bond acceptors (Lipinski definition) is 4. The zero-order chi connectivity index (χ0) is 23.0. The maximum Gasteiger partial charge on any atom is 0.306 e. The lowest BCUT2D eigenvalue weighted by atomic mass is 9.62. The molecular formula is C25H40N2O4. The second-order valence-electron chi connectivity index (χ2n) is 8.83. The molecule has 0 radical (unpaired) electrons. The van der Waals surface area contributed by atoms with Crippen LogP contribution in [0.2, 0.25) is 0 Å². The molecule has 31 heavy (non-hydrogen) atoms. The van der Waals surface area contributed by atoms with Crippen LogP contribution in [-0.2, 0) is 21.4 Å². The van der Waals surface area contributed by atoms with Crippen LogP contribution in [0.15, 0.2) is 18.2 Å². The summed E-state index contributed by atoms with van der Waals surface area (Å²) >= 11 is 0. The number of rotatable bonds is 13. The van der Waals surface area contributed by atoms with Gasteiger partial charge in [0.1, 0.15) is 0 Å². The molecule has 0 spiro atoms. The van der Waals surface area contributed by atoms with E-state index in [0.717, 1.165) is 50.5 Å². The fraction of sp³-hybridized carbons (Fsp3) is 0.680. The van der Waals surface area contributed by atoms with Crippen molar-refractivity contribution < 1.29 is 19.4 Å². The number of amides is 1. The Labute approximate surface area is 186 Å². The zero-order valence-corrected chi connectivity index (χ0v) is 19.6. The standard InChI is InChI=1S/C25H40N2O4/c1-5-8-9-10-17(24(29)30)13-14-27-22-21(31-4)16-18-11-12-19(23(26)28)15-20(18)25(22,6-2)7-3/h11-12,15,17,21-22,27H,5-10,13-14,16H2,1-4H3,(H2,26,28)(H,29,30)/t17?,21-,22+/m0/s1. The molecule has 1 aromatic rings. The molecule has 1 aromatic carbocycles. The Morgan fingerprint density at radius 3 is 2.48 bits per heavy atom. The molecule has 4 N–H and O–H groups in total. The summed E-state index contributed by atoms with van der Waals surface area (Å²) in [5, 5.41) is 13.3. The number of benzene rings is 1. The van der Waals surface area contributed by atoms with Crippen molar-refractivity contribution in [3.63, 3.8) is 0 Å². The number of aliphatic carboxylic acids is 1. The SMILES string of the molecule is CCCCCC(CCN[C@@H]1[C@@H](OC)Cc2ccc(C(N)=O)cc2C1(CC)CC)C(=O)O. The summed E-state index contributed by atoms with van der Waals surface area (Å²) in [7, 11) is 1.74. The van der Waals surface area contributed by atoms with E-state index in [0.29, 0.717) is 18.5 Å². The highest BCUT2D eigenvalue weighted by atomic mass is 16.5. The molecule has 0 saturated heterocycles. The van der Waals surface area contributed by atoms with Crippen LogP contribution in [0.4, 0.5) is 0 Å². The molecule has 6 heteroatoms. The Balaban J connectivity index is 2.26. The van der Waals surface area contributed by atoms with Gasteiger partial charge in [0.2, 0.25) is 5.91 Å². The molecule has 3 atom stereocenters. The predicted octanol–water partition coefficient (Wildman–Crippen LogP) is 4.04. The smallest absolute Gasteiger partial charge is 0.306 e. The first-order valence-electron chi connectivity index (χ1n) is 11.8. The Morgan fingerprint density at radius 1 is 1.23 bits per heavy atom. The average Bonchev–Trinajstić information content (AvgIpc) is 2.76. The topological polar surface area (TPSA) is 102 Å². The molecule has 2 rings (SSSR count). The Morgan fingerprint density at radius 2 is 1.94 bits per heavy atom. The van der Waals surface area contributed by atoms with Gasteiger partial charge < -0.3 is 20.9 Å². The van der Waals surface area contributed by atoms with Gasteiger partial charge >= 0.3 is 5.97 Å². The van der Waals surface area contributed by atoms with Crippen molar-refractivity contribution in [1.29, 1.82) is 0 Å². The van der Waals surface area contributed by atoms with Crippen LogP contribution < -0.4 is 11.1 Å². The van der Waals surface area contributed by atoms with Crippen LogP contribution >= 0.6 is 0 Å². The quantitative estimate of drug-likeness (QED) is 0.408. The second kappa shape index (κ2) is 11.6. The molecule has 1 aliphatic rings. The molecule has 0 heterocycles. The number of carboxylic acid groups (broad SMARTS) is 1. The van der Waals surface area contributed by atoms with Crippen LogP contribution in [0.1, 0.15) is 87.2 Å². The number of ether oxygens (including phenoxy) is 1. The highest BCUT2D eigenvalue weighted by molar-refractivity contribution is 5.93. The van der Waals surface area contributed by atoms with Crippen molar-refractivity contribution in [3.05, 3.63) is 34.9 Å². The van der Waals surface area contributed by atoms with Crippen LogP contribution in [-0.4, -0.2) is 42.8 Å². The lowest BCUT2D eigenvalue weighted by molar-refractivity contribution is -0.142. The number of carbonyl (C=O) groups is 2. The molecule has 0 saturated carbocycles. The molecule has 0 fully saturated rings. The number of primary amides is 1. The summed E-state index contributed by atoms with van der Waals surface area (Å²) in [5.41, 5.74) is 8.24. The van der Waals surface area contributed by atoms with Gasteiger partial charge in [0.05, 0.1) is 12.0 Å². The van der Waals surface area contributed by atoms with Crippen molar-refractivity contribution >= 4 is 11.9 Å². The van der Waals surface area contributed by atoms with E-state index in [4.69, 9.17) is 10.5 Å². The number of unbranched alkanes of at least 4 members (excludes halogenated alkanes) is 2. The molecule has 1 aliphatic carbocycles. The first-order chi connectivity index (χ1) is 14.8. The highest BCUT2D eigenvalue weighted by Crippen LogP contribution is 2.44. The normalized spacial score (nSPS) is 20.8. The third-order valence-electron chi connectivity index (χ3n) is 7.25. The molecule has 1 unspecified atom stereocenters. The van der Waals surface area contributed by atoms with Gasteiger partial charge in [0, 0.05) is 30.6 Å². The average molecular weight is 433 g/mol. The van der Waals surface area contributed by atoms with Gasteiger partial charge in [-0.15, -0.1) is 0 Å². The fourth-order valence-corrected chi connectivity index (χ4v) is 5.29. The Kier molecular flexibility index (Phi) is 9.51. The van der Waals surface area contributed by atoms with Gasteiger partial charge in [0.25, 0.3) is 0 Å². The van der Waals surface area contributed by atoms with E-state index in [2.05, 4.69) is 26.1 Å². The highest BCUT2D eigenvalue weighted by Gasteiger charge is 2.46. The third-order valence-corrected chi connectivity index (χ3v) is 7.25. The van der Waals surface area contributed by atoms with Crippen LogP contribution in [0, 0.1) is 5.92 Å². The molecule has 1 amide bonds. The van der Waals surface area contributed by atoms with E-state index in [1.807, 2.05) is 12.1 Å². The van der Waals surface area contributed by atoms with E-state index in [1.165, 1.54) is 5.56 Å². The summed E-state index contributed by atoms with van der Waals surface area (Å²) < 4.78 is 5.91. The van der Waals surface area contributed by atoms with Gasteiger partial charge in [0.15, 0.2) is 0 Å². The molecule has 174 valence electrons. The number of nitrogens with one attached hydrogen (secondary N) is 1. The second-order valence-corrected chi connectivity index (χ2v) is 8.83. The van der Waals surface area contributed by atoms with Crippen molar-refractivity contribution in [2.24, 2.45) is 11.7 Å². The Hall–Kier alpha value is -1.92. The van der Waals surface area contributed by atoms with E-state index in [9.17, 15) is 14.7 Å². The van der Waals surface area contributed by atoms with Crippen LogP contribution in [0.25, 0.3) is 0 Å². The number of carbonyl (C=O) groups excluding carboxylic acids is 1. The third kappa shape index (κ3) is 5.66. The lowest BCUT2D eigenvalue weighted by Gasteiger charge is -2.49. The van der Waals surface area contributed by atoms with E-state index in [-0.39, 0.29) is 23.5 Å². The molecule has 0 aliphatic heterocycles. The summed E-state index contributed by atoms with van der Waals surface area (Å²) in [6.07, 6.45) is 6.94. The van der Waals surface area contributed by atoms with Crippen molar-refractivity contribution in [2.75, 3.05) is 13.7 Å². The van der Waals surface area contributed by atoms with Crippen LogP contribution in [0.3, 0.4) is 0 Å². The predicted molar refractivity (Wildman–Crippen MR) is 123 cm³/mol. The minimum absolute atomic E-state index is 0.0183. The lowest BCUT2D eigenvalue weighted by Crippen LogP contribution is -2.59. The van der Waals surface area contributed by atoms with Crippen LogP contribution in [0.5, 0.6) is 0 Å². The fourth-order valence-electron chi connectivity index (χ4n) is 5.29. The van der Waals surface area contributed by atoms with Gasteiger partial charge in [-0.2, -0.15) is 0 Å². The largest absolute Gasteiger partial charge is 0.481 e. The molecular weight excluding hydrogens is 392 g/mol. The first-order valence-corrected chi connectivity index (χ1v) is 11.8. The maximum atomic E-state index is 11.8.